The molecule has 0 bridgehead atoms. The van der Waals surface area contributed by atoms with Gasteiger partial charge < -0.3 is 0 Å². The second-order valence-corrected chi connectivity index (χ2v) is 4.97. The SMILES string of the molecule is Ic1nc(Cc2ccccn2)ns1. The van der Waals surface area contributed by atoms with Gasteiger partial charge in [-0.2, -0.15) is 4.37 Å². The van der Waals surface area contributed by atoms with E-state index in [4.69, 9.17) is 0 Å². The van der Waals surface area contributed by atoms with E-state index in [1.807, 2.05) is 18.2 Å². The summed E-state index contributed by atoms with van der Waals surface area (Å²) in [5.74, 6) is 0.855. The number of aromatic nitrogens is 3. The van der Waals surface area contributed by atoms with Crippen LogP contribution in [0.1, 0.15) is 11.5 Å². The van der Waals surface area contributed by atoms with Gasteiger partial charge in [-0.3, -0.25) is 4.98 Å². The van der Waals surface area contributed by atoms with Crippen molar-refractivity contribution in [2.45, 2.75) is 6.42 Å². The van der Waals surface area contributed by atoms with Gasteiger partial charge in [0.15, 0.2) is 3.01 Å². The van der Waals surface area contributed by atoms with Crippen LogP contribution in [0.3, 0.4) is 0 Å². The first-order valence-electron chi connectivity index (χ1n) is 3.72. The van der Waals surface area contributed by atoms with E-state index in [1.54, 1.807) is 6.20 Å². The largest absolute Gasteiger partial charge is 0.261 e. The second-order valence-electron chi connectivity index (χ2n) is 2.46. The Morgan fingerprint density at radius 3 is 2.92 bits per heavy atom. The van der Waals surface area contributed by atoms with Gasteiger partial charge in [-0.1, -0.05) is 6.07 Å². The lowest BCUT2D eigenvalue weighted by Gasteiger charge is -1.93. The van der Waals surface area contributed by atoms with Gasteiger partial charge in [-0.25, -0.2) is 4.98 Å². The van der Waals surface area contributed by atoms with Gasteiger partial charge in [0.05, 0.1) is 6.42 Å². The molecule has 0 saturated carbocycles. The smallest absolute Gasteiger partial charge is 0.173 e. The van der Waals surface area contributed by atoms with Crippen LogP contribution in [-0.4, -0.2) is 14.3 Å². The van der Waals surface area contributed by atoms with E-state index in [2.05, 4.69) is 36.9 Å². The van der Waals surface area contributed by atoms with Gasteiger partial charge in [-0.15, -0.1) is 0 Å². The van der Waals surface area contributed by atoms with Gasteiger partial charge >= 0.3 is 0 Å². The summed E-state index contributed by atoms with van der Waals surface area (Å²) >= 11 is 3.59. The van der Waals surface area contributed by atoms with E-state index in [1.165, 1.54) is 11.5 Å². The first kappa shape index (κ1) is 9.01. The van der Waals surface area contributed by atoms with E-state index in [9.17, 15) is 0 Å². The molecule has 0 aliphatic carbocycles. The fourth-order valence-electron chi connectivity index (χ4n) is 0.969. The zero-order valence-electron chi connectivity index (χ0n) is 6.64. The zero-order valence-corrected chi connectivity index (χ0v) is 9.62. The summed E-state index contributed by atoms with van der Waals surface area (Å²) in [7, 11) is 0. The lowest BCUT2D eigenvalue weighted by molar-refractivity contribution is 0.979. The number of halogens is 1. The Balaban J connectivity index is 2.15. The maximum absolute atomic E-state index is 4.26. The Kier molecular flexibility index (Phi) is 2.84. The van der Waals surface area contributed by atoms with Crippen molar-refractivity contribution in [3.05, 3.63) is 38.9 Å². The quantitative estimate of drug-likeness (QED) is 0.798. The van der Waals surface area contributed by atoms with Crippen molar-refractivity contribution in [3.8, 4) is 0 Å². The summed E-state index contributed by atoms with van der Waals surface area (Å²) in [5, 5.41) is 0. The molecule has 5 heteroatoms. The molecule has 0 saturated heterocycles. The van der Waals surface area contributed by atoms with Crippen LogP contribution in [0.15, 0.2) is 24.4 Å². The van der Waals surface area contributed by atoms with Gasteiger partial charge in [-0.05, 0) is 46.3 Å². The molecule has 0 spiro atoms. The predicted molar refractivity (Wildman–Crippen MR) is 59.7 cm³/mol. The highest BCUT2D eigenvalue weighted by Gasteiger charge is 2.02. The number of nitrogens with zero attached hydrogens (tertiary/aromatic N) is 3. The third-order valence-electron chi connectivity index (χ3n) is 1.51. The van der Waals surface area contributed by atoms with Crippen LogP contribution in [0.5, 0.6) is 0 Å². The summed E-state index contributed by atoms with van der Waals surface area (Å²) in [6, 6.07) is 5.86. The molecule has 0 fully saturated rings. The van der Waals surface area contributed by atoms with Crippen LogP contribution < -0.4 is 0 Å². The number of pyridine rings is 1. The normalized spacial score (nSPS) is 10.2. The van der Waals surface area contributed by atoms with Crippen LogP contribution in [0, 0.1) is 3.01 Å². The summed E-state index contributed by atoms with van der Waals surface area (Å²) in [4.78, 5) is 8.47. The Labute approximate surface area is 93.6 Å². The monoisotopic (exact) mass is 303 g/mol. The van der Waals surface area contributed by atoms with E-state index in [0.717, 1.165) is 21.0 Å². The Hall–Kier alpha value is -0.560. The zero-order chi connectivity index (χ0) is 9.10. The Bertz CT molecular complexity index is 387. The number of hydrogen-bond acceptors (Lipinski definition) is 4. The maximum atomic E-state index is 4.26. The first-order valence-corrected chi connectivity index (χ1v) is 5.58. The van der Waals surface area contributed by atoms with Gasteiger partial charge in [0.2, 0.25) is 0 Å². The maximum Gasteiger partial charge on any atom is 0.173 e. The van der Waals surface area contributed by atoms with Crippen molar-refractivity contribution in [1.82, 2.24) is 14.3 Å². The molecule has 0 aliphatic rings. The minimum absolute atomic E-state index is 0.723. The van der Waals surface area contributed by atoms with Gasteiger partial charge in [0, 0.05) is 11.9 Å². The number of hydrogen-bond donors (Lipinski definition) is 0. The molecule has 0 radical (unpaired) electrons. The summed E-state index contributed by atoms with van der Waals surface area (Å²) in [5.41, 5.74) is 1.01. The number of rotatable bonds is 2. The molecule has 2 aromatic rings. The molecule has 0 aromatic carbocycles. The van der Waals surface area contributed by atoms with Crippen molar-refractivity contribution in [2.24, 2.45) is 0 Å². The average molecular weight is 303 g/mol. The highest BCUT2D eigenvalue weighted by Crippen LogP contribution is 2.09. The van der Waals surface area contributed by atoms with Crippen LogP contribution in [-0.2, 0) is 6.42 Å². The third-order valence-corrected chi connectivity index (χ3v) is 2.88. The molecule has 0 unspecified atom stereocenters. The summed E-state index contributed by atoms with van der Waals surface area (Å²) in [6.07, 6.45) is 2.51. The Morgan fingerprint density at radius 1 is 1.38 bits per heavy atom. The molecular weight excluding hydrogens is 297 g/mol. The molecule has 2 heterocycles. The molecule has 2 rings (SSSR count). The average Bonchev–Trinajstić information content (AvgIpc) is 2.53. The molecule has 13 heavy (non-hydrogen) atoms. The Morgan fingerprint density at radius 2 is 2.31 bits per heavy atom. The van der Waals surface area contributed by atoms with Crippen molar-refractivity contribution < 1.29 is 0 Å². The first-order chi connectivity index (χ1) is 6.34. The van der Waals surface area contributed by atoms with E-state index in [0.29, 0.717) is 0 Å². The molecule has 0 N–H and O–H groups in total. The fraction of sp³-hybridized carbons (Fsp3) is 0.125. The van der Waals surface area contributed by atoms with Crippen LogP contribution in [0.4, 0.5) is 0 Å². The van der Waals surface area contributed by atoms with E-state index in [-0.39, 0.29) is 0 Å². The van der Waals surface area contributed by atoms with Gasteiger partial charge in [0.25, 0.3) is 0 Å². The standard InChI is InChI=1S/C8H6IN3S/c9-8-11-7(12-13-8)5-6-3-1-2-4-10-6/h1-4H,5H2. The van der Waals surface area contributed by atoms with Gasteiger partial charge in [0.1, 0.15) is 5.82 Å². The van der Waals surface area contributed by atoms with E-state index >= 15 is 0 Å². The third kappa shape index (κ3) is 2.44. The predicted octanol–water partition coefficient (Wildman–Crippen LogP) is 2.13. The molecule has 0 amide bonds. The summed E-state index contributed by atoms with van der Waals surface area (Å²) in [6.45, 7) is 0. The molecule has 0 aliphatic heterocycles. The highest BCUT2D eigenvalue weighted by molar-refractivity contribution is 14.1. The van der Waals surface area contributed by atoms with Crippen LogP contribution in [0.2, 0.25) is 0 Å². The molecular formula is C8H6IN3S. The van der Waals surface area contributed by atoms with E-state index < -0.39 is 0 Å². The van der Waals surface area contributed by atoms with Crippen molar-refractivity contribution in [2.75, 3.05) is 0 Å². The lowest BCUT2D eigenvalue weighted by Crippen LogP contribution is -1.92. The molecule has 3 nitrogen and oxygen atoms in total. The van der Waals surface area contributed by atoms with Crippen molar-refractivity contribution in [1.29, 1.82) is 0 Å². The molecule has 2 aromatic heterocycles. The second kappa shape index (κ2) is 4.10. The minimum Gasteiger partial charge on any atom is -0.261 e. The van der Waals surface area contributed by atoms with Crippen LogP contribution >= 0.6 is 34.1 Å². The van der Waals surface area contributed by atoms with Crippen molar-refractivity contribution >= 4 is 34.1 Å². The molecule has 0 atom stereocenters. The minimum atomic E-state index is 0.723. The van der Waals surface area contributed by atoms with Crippen molar-refractivity contribution in [3.63, 3.8) is 0 Å². The fourth-order valence-corrected chi connectivity index (χ4v) is 1.98. The lowest BCUT2D eigenvalue weighted by atomic mass is 10.3. The highest BCUT2D eigenvalue weighted by atomic mass is 127. The summed E-state index contributed by atoms with van der Waals surface area (Å²) < 4.78 is 5.17. The van der Waals surface area contributed by atoms with Crippen LogP contribution in [0.25, 0.3) is 0 Å². The topological polar surface area (TPSA) is 38.7 Å². The molecule has 66 valence electrons.